The van der Waals surface area contributed by atoms with Gasteiger partial charge in [-0.15, -0.1) is 0 Å². The molecule has 2 heterocycles. The van der Waals surface area contributed by atoms with E-state index in [1.54, 1.807) is 24.3 Å². The summed E-state index contributed by atoms with van der Waals surface area (Å²) in [6.45, 7) is 0. The molecule has 4 aromatic rings. The minimum Gasteiger partial charge on any atom is -0.292 e. The number of aromatic nitrogens is 3. The van der Waals surface area contributed by atoms with Crippen LogP contribution in [0.15, 0.2) is 94.7 Å². The molecule has 0 fully saturated rings. The summed E-state index contributed by atoms with van der Waals surface area (Å²) in [5.41, 5.74) is -0.00892. The molecule has 1 aliphatic rings. The van der Waals surface area contributed by atoms with Gasteiger partial charge in [0.05, 0.1) is 10.7 Å². The van der Waals surface area contributed by atoms with E-state index in [4.69, 9.17) is 28.8 Å². The van der Waals surface area contributed by atoms with Crippen molar-refractivity contribution in [3.63, 3.8) is 0 Å². The number of aromatic amines is 1. The third kappa shape index (κ3) is 3.04. The lowest BCUT2D eigenvalue weighted by Gasteiger charge is -2.24. The molecule has 3 aromatic carbocycles. The SMILES string of the molecule is O=C1NC(n2[nH]c(=O)n(-c3ccccc3Cl)c2=S)=NC1(c1ccccc1)c1ccccc1. The van der Waals surface area contributed by atoms with Crippen molar-refractivity contribution in [1.82, 2.24) is 19.7 Å². The van der Waals surface area contributed by atoms with Gasteiger partial charge in [-0.05, 0) is 35.5 Å². The molecule has 1 amide bonds. The molecular weight excluding hydrogens is 446 g/mol. The smallest absolute Gasteiger partial charge is 0.292 e. The van der Waals surface area contributed by atoms with Crippen LogP contribution in [0.25, 0.3) is 5.69 Å². The fourth-order valence-corrected chi connectivity index (χ4v) is 4.36. The van der Waals surface area contributed by atoms with E-state index < -0.39 is 11.2 Å². The number of halogens is 1. The summed E-state index contributed by atoms with van der Waals surface area (Å²) in [4.78, 5) is 30.9. The fourth-order valence-electron chi connectivity index (χ4n) is 3.82. The van der Waals surface area contributed by atoms with E-state index in [9.17, 15) is 9.59 Å². The summed E-state index contributed by atoms with van der Waals surface area (Å²) >= 11 is 11.8. The van der Waals surface area contributed by atoms with Gasteiger partial charge in [-0.25, -0.2) is 19.5 Å². The molecule has 9 heteroatoms. The Morgan fingerprint density at radius 1 is 0.844 bits per heavy atom. The first-order valence-electron chi connectivity index (χ1n) is 9.74. The highest BCUT2D eigenvalue weighted by Crippen LogP contribution is 2.37. The number of carbonyl (C=O) groups excluding carboxylic acids is 1. The van der Waals surface area contributed by atoms with Gasteiger partial charge in [0.15, 0.2) is 5.54 Å². The fraction of sp³-hybridized carbons (Fsp3) is 0.0435. The van der Waals surface area contributed by atoms with Crippen LogP contribution < -0.4 is 11.0 Å². The summed E-state index contributed by atoms with van der Waals surface area (Å²) in [6, 6.07) is 25.4. The number of carbonyl (C=O) groups is 1. The van der Waals surface area contributed by atoms with Crippen LogP contribution >= 0.6 is 23.8 Å². The average molecular weight is 462 g/mol. The van der Waals surface area contributed by atoms with Crippen LogP contribution in [0.5, 0.6) is 0 Å². The van der Waals surface area contributed by atoms with Gasteiger partial charge in [-0.3, -0.25) is 10.1 Å². The Balaban J connectivity index is 1.72. The van der Waals surface area contributed by atoms with Crippen molar-refractivity contribution in [2.45, 2.75) is 5.54 Å². The molecule has 0 unspecified atom stereocenters. The summed E-state index contributed by atoms with van der Waals surface area (Å²) in [6.07, 6.45) is 0. The number of nitrogens with zero attached hydrogens (tertiary/aromatic N) is 3. The maximum atomic E-state index is 13.4. The number of nitrogens with one attached hydrogen (secondary N) is 2. The van der Waals surface area contributed by atoms with Crippen molar-refractivity contribution < 1.29 is 4.79 Å². The number of aliphatic imine (C=N–C) groups is 1. The van der Waals surface area contributed by atoms with E-state index in [0.717, 1.165) is 0 Å². The zero-order chi connectivity index (χ0) is 22.3. The van der Waals surface area contributed by atoms with E-state index in [-0.39, 0.29) is 16.6 Å². The molecule has 7 nitrogen and oxygen atoms in total. The van der Waals surface area contributed by atoms with Crippen LogP contribution in [0, 0.1) is 4.77 Å². The Kier molecular flexibility index (Phi) is 4.88. The topological polar surface area (TPSA) is 84.2 Å². The van der Waals surface area contributed by atoms with Crippen molar-refractivity contribution in [3.8, 4) is 5.69 Å². The molecule has 0 spiro atoms. The van der Waals surface area contributed by atoms with Crippen LogP contribution in [0.3, 0.4) is 0 Å². The van der Waals surface area contributed by atoms with E-state index in [2.05, 4.69) is 10.4 Å². The van der Waals surface area contributed by atoms with Gasteiger partial charge in [-0.2, -0.15) is 4.68 Å². The largest absolute Gasteiger partial charge is 0.347 e. The van der Waals surface area contributed by atoms with Crippen LogP contribution in [-0.4, -0.2) is 26.2 Å². The number of rotatable bonds is 3. The quantitative estimate of drug-likeness (QED) is 0.457. The standard InChI is InChI=1S/C23H16ClN5O2S/c24-17-13-7-8-14-18(17)28-21(31)27-29(22(28)32)20-25-19(30)23(26-20,15-9-3-1-4-10-15)16-11-5-2-6-12-16/h1-14H,(H,27,31)(H,25,26,30). The predicted molar refractivity (Wildman–Crippen MR) is 125 cm³/mol. The third-order valence-corrected chi connectivity index (χ3v) is 5.99. The summed E-state index contributed by atoms with van der Waals surface area (Å²) < 4.78 is 2.64. The molecular formula is C23H16ClN5O2S. The second kappa shape index (κ2) is 7.74. The van der Waals surface area contributed by atoms with Gasteiger partial charge in [-0.1, -0.05) is 84.4 Å². The first-order valence-corrected chi connectivity index (χ1v) is 10.5. The lowest BCUT2D eigenvalue weighted by Crippen LogP contribution is -2.39. The van der Waals surface area contributed by atoms with Crippen molar-refractivity contribution in [2.24, 2.45) is 4.99 Å². The van der Waals surface area contributed by atoms with E-state index >= 15 is 0 Å². The van der Waals surface area contributed by atoms with E-state index in [1.165, 1.54) is 9.25 Å². The lowest BCUT2D eigenvalue weighted by molar-refractivity contribution is -0.122. The number of hydrogen-bond donors (Lipinski definition) is 2. The highest BCUT2D eigenvalue weighted by molar-refractivity contribution is 7.71. The zero-order valence-electron chi connectivity index (χ0n) is 16.5. The highest BCUT2D eigenvalue weighted by atomic mass is 35.5. The Hall–Kier alpha value is -3.75. The van der Waals surface area contributed by atoms with E-state index in [0.29, 0.717) is 21.8 Å². The Morgan fingerprint density at radius 3 is 2.00 bits per heavy atom. The molecule has 1 aliphatic heterocycles. The monoisotopic (exact) mass is 461 g/mol. The number of para-hydroxylation sites is 1. The zero-order valence-corrected chi connectivity index (χ0v) is 18.1. The van der Waals surface area contributed by atoms with Gasteiger partial charge in [0.1, 0.15) is 0 Å². The molecule has 0 atom stereocenters. The summed E-state index contributed by atoms with van der Waals surface area (Å²) in [5.74, 6) is -0.228. The molecule has 32 heavy (non-hydrogen) atoms. The first-order chi connectivity index (χ1) is 15.5. The molecule has 2 N–H and O–H groups in total. The second-order valence-corrected chi connectivity index (χ2v) is 7.93. The van der Waals surface area contributed by atoms with Gasteiger partial charge < -0.3 is 0 Å². The van der Waals surface area contributed by atoms with Crippen LogP contribution in [-0.2, 0) is 10.3 Å². The molecule has 0 saturated heterocycles. The molecule has 0 radical (unpaired) electrons. The van der Waals surface area contributed by atoms with Gasteiger partial charge in [0.2, 0.25) is 10.7 Å². The number of hydrogen-bond acceptors (Lipinski definition) is 4. The number of H-pyrrole nitrogens is 1. The van der Waals surface area contributed by atoms with Crippen molar-refractivity contribution in [3.05, 3.63) is 116 Å². The van der Waals surface area contributed by atoms with Gasteiger partial charge in [0, 0.05) is 0 Å². The Labute approximate surface area is 192 Å². The Morgan fingerprint density at radius 2 is 1.41 bits per heavy atom. The lowest BCUT2D eigenvalue weighted by atomic mass is 9.83. The van der Waals surface area contributed by atoms with Crippen molar-refractivity contribution in [2.75, 3.05) is 0 Å². The minimum atomic E-state index is -1.32. The van der Waals surface area contributed by atoms with Crippen molar-refractivity contribution in [1.29, 1.82) is 0 Å². The second-order valence-electron chi connectivity index (χ2n) is 7.15. The molecule has 1 aromatic heterocycles. The summed E-state index contributed by atoms with van der Waals surface area (Å²) in [5, 5.41) is 5.82. The molecule has 0 aliphatic carbocycles. The summed E-state index contributed by atoms with van der Waals surface area (Å²) in [7, 11) is 0. The molecule has 5 rings (SSSR count). The van der Waals surface area contributed by atoms with Crippen LogP contribution in [0.2, 0.25) is 5.02 Å². The normalized spacial score (nSPS) is 14.8. The third-order valence-electron chi connectivity index (χ3n) is 5.31. The van der Waals surface area contributed by atoms with Crippen LogP contribution in [0.4, 0.5) is 0 Å². The van der Waals surface area contributed by atoms with Crippen molar-refractivity contribution >= 4 is 35.7 Å². The number of benzene rings is 3. The minimum absolute atomic E-state index is 0.0964. The van der Waals surface area contributed by atoms with Gasteiger partial charge in [0.25, 0.3) is 5.91 Å². The molecule has 158 valence electrons. The van der Waals surface area contributed by atoms with Gasteiger partial charge >= 0.3 is 5.69 Å². The van der Waals surface area contributed by atoms with E-state index in [1.807, 2.05) is 60.7 Å². The maximum absolute atomic E-state index is 13.4. The Bertz CT molecular complexity index is 1430. The number of amides is 1. The average Bonchev–Trinajstić information content (AvgIpc) is 3.32. The maximum Gasteiger partial charge on any atom is 0.347 e. The predicted octanol–water partition coefficient (Wildman–Crippen LogP) is 3.63. The molecule has 0 bridgehead atoms. The molecule has 0 saturated carbocycles. The first kappa shape index (κ1) is 20.2. The van der Waals surface area contributed by atoms with Crippen LogP contribution in [0.1, 0.15) is 11.1 Å². The highest BCUT2D eigenvalue weighted by Gasteiger charge is 2.47.